The fourth-order valence-corrected chi connectivity index (χ4v) is 4.80. The van der Waals surface area contributed by atoms with Gasteiger partial charge in [0.15, 0.2) is 11.1 Å². The number of hydrogen-bond donors (Lipinski definition) is 2. The Kier molecular flexibility index (Phi) is 8.36. The summed E-state index contributed by atoms with van der Waals surface area (Å²) in [5.41, 5.74) is 1.17. The van der Waals surface area contributed by atoms with Crippen LogP contribution in [0.1, 0.15) is 32.4 Å². The fourth-order valence-electron chi connectivity index (χ4n) is 3.89. The highest BCUT2D eigenvalue weighted by molar-refractivity contribution is 7.13. The highest BCUT2D eigenvalue weighted by Gasteiger charge is 2.23. The molecule has 8 heteroatoms. The largest absolute Gasteiger partial charge is 0.379 e. The summed E-state index contributed by atoms with van der Waals surface area (Å²) in [4.78, 5) is 14.1. The Hall–Kier alpha value is -1.38. The van der Waals surface area contributed by atoms with Crippen molar-refractivity contribution in [2.75, 3.05) is 64.4 Å². The van der Waals surface area contributed by atoms with Crippen LogP contribution in [0.15, 0.2) is 10.4 Å². The number of anilines is 1. The molecule has 1 aromatic heterocycles. The molecule has 158 valence electrons. The van der Waals surface area contributed by atoms with Crippen molar-refractivity contribution in [1.29, 1.82) is 0 Å². The van der Waals surface area contributed by atoms with E-state index in [9.17, 15) is 0 Å². The van der Waals surface area contributed by atoms with Crippen molar-refractivity contribution in [1.82, 2.24) is 20.5 Å². The first-order valence-corrected chi connectivity index (χ1v) is 11.5. The van der Waals surface area contributed by atoms with E-state index in [0.29, 0.717) is 12.0 Å². The molecule has 3 rings (SSSR count). The first-order valence-electron chi connectivity index (χ1n) is 10.6. The van der Waals surface area contributed by atoms with Crippen LogP contribution in [-0.2, 0) is 11.2 Å². The third-order valence-corrected chi connectivity index (χ3v) is 6.53. The van der Waals surface area contributed by atoms with Crippen LogP contribution in [0.3, 0.4) is 0 Å². The summed E-state index contributed by atoms with van der Waals surface area (Å²) in [6.07, 6.45) is 3.50. The lowest BCUT2D eigenvalue weighted by Crippen LogP contribution is -2.52. The van der Waals surface area contributed by atoms with E-state index >= 15 is 0 Å². The molecule has 3 heterocycles. The highest BCUT2D eigenvalue weighted by Crippen LogP contribution is 2.24. The summed E-state index contributed by atoms with van der Waals surface area (Å²) < 4.78 is 5.50. The minimum atomic E-state index is 0.490. The van der Waals surface area contributed by atoms with Gasteiger partial charge in [-0.1, -0.05) is 13.8 Å². The van der Waals surface area contributed by atoms with Crippen LogP contribution in [-0.4, -0.2) is 81.4 Å². The highest BCUT2D eigenvalue weighted by atomic mass is 32.1. The molecule has 0 bridgehead atoms. The first kappa shape index (κ1) is 21.3. The molecule has 28 heavy (non-hydrogen) atoms. The number of nitrogens with zero attached hydrogens (tertiary/aromatic N) is 4. The molecule has 1 aromatic rings. The summed E-state index contributed by atoms with van der Waals surface area (Å²) in [6, 6.07) is 0.490. The van der Waals surface area contributed by atoms with Gasteiger partial charge in [-0.05, 0) is 18.8 Å². The third-order valence-electron chi connectivity index (χ3n) is 5.58. The van der Waals surface area contributed by atoms with Crippen molar-refractivity contribution in [3.63, 3.8) is 0 Å². The second kappa shape index (κ2) is 11.0. The summed E-state index contributed by atoms with van der Waals surface area (Å²) in [7, 11) is 1.84. The lowest BCUT2D eigenvalue weighted by molar-refractivity contribution is 0.00752. The van der Waals surface area contributed by atoms with Gasteiger partial charge >= 0.3 is 0 Å². The lowest BCUT2D eigenvalue weighted by atomic mass is 10.0. The Balaban J connectivity index is 1.41. The molecule has 1 atom stereocenters. The number of aliphatic imine (C=N–C) groups is 1. The molecule has 0 spiro atoms. The summed E-state index contributed by atoms with van der Waals surface area (Å²) in [5.74, 6) is 1.46. The van der Waals surface area contributed by atoms with Gasteiger partial charge in [-0.25, -0.2) is 4.98 Å². The number of guanidine groups is 1. The molecule has 2 N–H and O–H groups in total. The smallest absolute Gasteiger partial charge is 0.191 e. The van der Waals surface area contributed by atoms with Crippen LogP contribution in [0.4, 0.5) is 5.13 Å². The second-order valence-electron chi connectivity index (χ2n) is 7.91. The van der Waals surface area contributed by atoms with Crippen LogP contribution in [0, 0.1) is 5.92 Å². The standard InChI is InChI=1S/C20H36N6OS/c1-16(2)18(25-10-12-27-13-11-25)14-23-19(21-3)22-7-6-17-15-28-20(24-17)26-8-4-5-9-26/h15-16,18H,4-14H2,1-3H3,(H2,21,22,23). The Morgan fingerprint density at radius 1 is 1.21 bits per heavy atom. The molecule has 0 saturated carbocycles. The predicted octanol–water partition coefficient (Wildman–Crippen LogP) is 1.81. The van der Waals surface area contributed by atoms with Crippen molar-refractivity contribution in [2.45, 2.75) is 39.2 Å². The van der Waals surface area contributed by atoms with E-state index in [1.807, 2.05) is 7.05 Å². The van der Waals surface area contributed by atoms with Crippen LogP contribution in [0.25, 0.3) is 0 Å². The van der Waals surface area contributed by atoms with Gasteiger partial charge in [0, 0.05) is 64.2 Å². The van der Waals surface area contributed by atoms with Gasteiger partial charge in [-0.3, -0.25) is 9.89 Å². The number of ether oxygens (including phenoxy) is 1. The predicted molar refractivity (Wildman–Crippen MR) is 118 cm³/mol. The van der Waals surface area contributed by atoms with E-state index in [4.69, 9.17) is 9.72 Å². The topological polar surface area (TPSA) is 65.0 Å². The average molecular weight is 409 g/mol. The van der Waals surface area contributed by atoms with Crippen LogP contribution < -0.4 is 15.5 Å². The van der Waals surface area contributed by atoms with Gasteiger partial charge in [0.2, 0.25) is 0 Å². The van der Waals surface area contributed by atoms with E-state index in [0.717, 1.165) is 64.9 Å². The Morgan fingerprint density at radius 2 is 1.96 bits per heavy atom. The molecule has 0 radical (unpaired) electrons. The average Bonchev–Trinajstić information content (AvgIpc) is 3.39. The van der Waals surface area contributed by atoms with Crippen molar-refractivity contribution in [3.05, 3.63) is 11.1 Å². The molecular formula is C20H36N6OS. The monoisotopic (exact) mass is 408 g/mol. The van der Waals surface area contributed by atoms with Gasteiger partial charge in [0.05, 0.1) is 18.9 Å². The zero-order valence-electron chi connectivity index (χ0n) is 17.6. The molecule has 2 aliphatic heterocycles. The SMILES string of the molecule is CN=C(NCCc1csc(N2CCCC2)n1)NCC(C(C)C)N1CCOCC1. The van der Waals surface area contributed by atoms with Gasteiger partial charge in [0.1, 0.15) is 0 Å². The molecule has 0 amide bonds. The van der Waals surface area contributed by atoms with E-state index in [1.54, 1.807) is 11.3 Å². The molecule has 0 aliphatic carbocycles. The summed E-state index contributed by atoms with van der Waals surface area (Å²) >= 11 is 1.77. The van der Waals surface area contributed by atoms with Crippen LogP contribution in [0.5, 0.6) is 0 Å². The van der Waals surface area contributed by atoms with Crippen LogP contribution in [0.2, 0.25) is 0 Å². The van der Waals surface area contributed by atoms with E-state index in [1.165, 1.54) is 23.7 Å². The van der Waals surface area contributed by atoms with Crippen molar-refractivity contribution in [2.24, 2.45) is 10.9 Å². The second-order valence-corrected chi connectivity index (χ2v) is 8.74. The molecule has 7 nitrogen and oxygen atoms in total. The maximum atomic E-state index is 5.50. The first-order chi connectivity index (χ1) is 13.7. The van der Waals surface area contributed by atoms with Gasteiger partial charge in [-0.15, -0.1) is 11.3 Å². The van der Waals surface area contributed by atoms with Gasteiger partial charge in [0.25, 0.3) is 0 Å². The fraction of sp³-hybridized carbons (Fsp3) is 0.800. The number of rotatable bonds is 8. The third kappa shape index (κ3) is 6.06. The van der Waals surface area contributed by atoms with Crippen molar-refractivity contribution in [3.8, 4) is 0 Å². The number of morpholine rings is 1. The number of hydrogen-bond acceptors (Lipinski definition) is 6. The minimum Gasteiger partial charge on any atom is -0.379 e. The molecular weight excluding hydrogens is 372 g/mol. The van der Waals surface area contributed by atoms with Crippen molar-refractivity contribution >= 4 is 22.4 Å². The van der Waals surface area contributed by atoms with E-state index in [2.05, 4.69) is 44.7 Å². The van der Waals surface area contributed by atoms with Crippen molar-refractivity contribution < 1.29 is 4.74 Å². The zero-order valence-corrected chi connectivity index (χ0v) is 18.4. The quantitative estimate of drug-likeness (QED) is 0.505. The Morgan fingerprint density at radius 3 is 2.64 bits per heavy atom. The number of nitrogens with one attached hydrogen (secondary N) is 2. The van der Waals surface area contributed by atoms with Gasteiger partial charge in [-0.2, -0.15) is 0 Å². The molecule has 0 aromatic carbocycles. The van der Waals surface area contributed by atoms with E-state index in [-0.39, 0.29) is 0 Å². The lowest BCUT2D eigenvalue weighted by Gasteiger charge is -2.37. The zero-order chi connectivity index (χ0) is 19.8. The molecule has 2 fully saturated rings. The van der Waals surface area contributed by atoms with E-state index < -0.39 is 0 Å². The molecule has 2 saturated heterocycles. The normalized spacial score (nSPS) is 20.0. The molecule has 2 aliphatic rings. The van der Waals surface area contributed by atoms with Gasteiger partial charge < -0.3 is 20.3 Å². The summed E-state index contributed by atoms with van der Waals surface area (Å²) in [6.45, 7) is 12.3. The maximum Gasteiger partial charge on any atom is 0.191 e. The molecule has 1 unspecified atom stereocenters. The Labute approximate surface area is 173 Å². The summed E-state index contributed by atoms with van der Waals surface area (Å²) in [5, 5.41) is 10.3. The Bertz CT molecular complexity index is 608. The van der Waals surface area contributed by atoms with Crippen LogP contribution >= 0.6 is 11.3 Å². The minimum absolute atomic E-state index is 0.490. The maximum absolute atomic E-state index is 5.50. The number of thiazole rings is 1. The number of aromatic nitrogens is 1.